The summed E-state index contributed by atoms with van der Waals surface area (Å²) in [5.74, 6) is 0.449. The van der Waals surface area contributed by atoms with Crippen LogP contribution in [0.4, 0.5) is 0 Å². The molecule has 0 aliphatic carbocycles. The third-order valence-corrected chi connectivity index (χ3v) is 2.53. The molecule has 0 spiro atoms. The molecule has 0 radical (unpaired) electrons. The number of rotatable bonds is 3. The third kappa shape index (κ3) is 2.51. The van der Waals surface area contributed by atoms with Gasteiger partial charge < -0.3 is 5.73 Å². The van der Waals surface area contributed by atoms with Crippen LogP contribution in [-0.2, 0) is 0 Å². The molecule has 0 saturated carbocycles. The number of nitrogens with zero attached hydrogens (tertiary/aromatic N) is 2. The van der Waals surface area contributed by atoms with Gasteiger partial charge in [-0.15, -0.1) is 0 Å². The standard InChI is InChI=1S/C6H12N4S/c1-4(2)5(7)11-6-8-3-9-10-6/h3-5H,7H2,1-2H3,(H,8,9,10). The molecule has 1 rings (SSSR count). The summed E-state index contributed by atoms with van der Waals surface area (Å²) in [5, 5.41) is 7.34. The highest BCUT2D eigenvalue weighted by atomic mass is 32.2. The number of thioether (sulfide) groups is 1. The largest absolute Gasteiger partial charge is 0.319 e. The molecule has 0 aliphatic heterocycles. The van der Waals surface area contributed by atoms with Gasteiger partial charge in [0.25, 0.3) is 0 Å². The molecule has 5 heteroatoms. The highest BCUT2D eigenvalue weighted by Gasteiger charge is 2.10. The van der Waals surface area contributed by atoms with E-state index in [1.165, 1.54) is 18.1 Å². The van der Waals surface area contributed by atoms with Crippen LogP contribution in [0.2, 0.25) is 0 Å². The van der Waals surface area contributed by atoms with Gasteiger partial charge >= 0.3 is 0 Å². The number of hydrogen-bond donors (Lipinski definition) is 2. The number of aromatic nitrogens is 3. The molecule has 11 heavy (non-hydrogen) atoms. The lowest BCUT2D eigenvalue weighted by Gasteiger charge is -2.11. The predicted molar refractivity (Wildman–Crippen MR) is 45.1 cm³/mol. The van der Waals surface area contributed by atoms with Crippen LogP contribution in [0.15, 0.2) is 11.5 Å². The van der Waals surface area contributed by atoms with Crippen LogP contribution in [0.5, 0.6) is 0 Å². The van der Waals surface area contributed by atoms with Gasteiger partial charge in [-0.05, 0) is 5.92 Å². The van der Waals surface area contributed by atoms with E-state index in [4.69, 9.17) is 5.73 Å². The topological polar surface area (TPSA) is 67.6 Å². The number of hydrogen-bond acceptors (Lipinski definition) is 4. The number of H-pyrrole nitrogens is 1. The zero-order valence-corrected chi connectivity index (χ0v) is 7.43. The fourth-order valence-corrected chi connectivity index (χ4v) is 1.26. The Kier molecular flexibility index (Phi) is 2.90. The highest BCUT2D eigenvalue weighted by Crippen LogP contribution is 2.19. The Balaban J connectivity index is 2.43. The predicted octanol–water partition coefficient (Wildman–Crippen LogP) is 0.838. The average molecular weight is 172 g/mol. The van der Waals surface area contributed by atoms with Crippen LogP contribution in [-0.4, -0.2) is 20.6 Å². The van der Waals surface area contributed by atoms with E-state index in [-0.39, 0.29) is 5.37 Å². The van der Waals surface area contributed by atoms with Crippen LogP contribution in [0, 0.1) is 5.92 Å². The van der Waals surface area contributed by atoms with Crippen LogP contribution in [0.25, 0.3) is 0 Å². The minimum absolute atomic E-state index is 0.0861. The molecule has 1 atom stereocenters. The van der Waals surface area contributed by atoms with E-state index in [0.717, 1.165) is 5.16 Å². The van der Waals surface area contributed by atoms with Crippen molar-refractivity contribution in [1.82, 2.24) is 15.2 Å². The van der Waals surface area contributed by atoms with E-state index < -0.39 is 0 Å². The molecule has 0 amide bonds. The maximum atomic E-state index is 5.78. The van der Waals surface area contributed by atoms with E-state index in [0.29, 0.717) is 5.92 Å². The lowest BCUT2D eigenvalue weighted by molar-refractivity contribution is 0.622. The molecule has 0 aromatic carbocycles. The van der Waals surface area contributed by atoms with Crippen molar-refractivity contribution in [2.45, 2.75) is 24.4 Å². The first kappa shape index (κ1) is 8.55. The molecule has 0 bridgehead atoms. The molecule has 4 nitrogen and oxygen atoms in total. The van der Waals surface area contributed by atoms with Crippen molar-refractivity contribution in [3.05, 3.63) is 6.33 Å². The van der Waals surface area contributed by atoms with Crippen LogP contribution < -0.4 is 5.73 Å². The minimum Gasteiger partial charge on any atom is -0.319 e. The van der Waals surface area contributed by atoms with Gasteiger partial charge in [-0.3, -0.25) is 5.10 Å². The van der Waals surface area contributed by atoms with Crippen LogP contribution in [0.1, 0.15) is 13.8 Å². The molecule has 62 valence electrons. The molecule has 0 fully saturated rings. The van der Waals surface area contributed by atoms with Gasteiger partial charge in [-0.25, -0.2) is 4.98 Å². The van der Waals surface area contributed by atoms with Crippen LogP contribution >= 0.6 is 11.8 Å². The number of nitrogens with one attached hydrogen (secondary N) is 1. The molecule has 1 aromatic rings. The van der Waals surface area contributed by atoms with Crippen molar-refractivity contribution in [1.29, 1.82) is 0 Å². The molecular formula is C6H12N4S. The van der Waals surface area contributed by atoms with Gasteiger partial charge in [0.2, 0.25) is 0 Å². The summed E-state index contributed by atoms with van der Waals surface area (Å²) in [5.41, 5.74) is 5.78. The summed E-state index contributed by atoms with van der Waals surface area (Å²) in [6.07, 6.45) is 1.48. The first-order chi connectivity index (χ1) is 5.20. The van der Waals surface area contributed by atoms with Crippen molar-refractivity contribution in [3.63, 3.8) is 0 Å². The van der Waals surface area contributed by atoms with Crippen molar-refractivity contribution >= 4 is 11.8 Å². The quantitative estimate of drug-likeness (QED) is 0.523. The van der Waals surface area contributed by atoms with Gasteiger partial charge in [0, 0.05) is 0 Å². The maximum Gasteiger partial charge on any atom is 0.184 e. The SMILES string of the molecule is CC(C)C(N)Sc1ncn[nH]1. The van der Waals surface area contributed by atoms with Gasteiger partial charge in [0.05, 0.1) is 5.37 Å². The second-order valence-corrected chi connectivity index (χ2v) is 3.78. The monoisotopic (exact) mass is 172 g/mol. The van der Waals surface area contributed by atoms with E-state index in [2.05, 4.69) is 29.0 Å². The van der Waals surface area contributed by atoms with Crippen LogP contribution in [0.3, 0.4) is 0 Å². The van der Waals surface area contributed by atoms with E-state index in [9.17, 15) is 0 Å². The Morgan fingerprint density at radius 3 is 2.82 bits per heavy atom. The Hall–Kier alpha value is -0.550. The Morgan fingerprint density at radius 1 is 1.64 bits per heavy atom. The molecular weight excluding hydrogens is 160 g/mol. The van der Waals surface area contributed by atoms with Crippen molar-refractivity contribution in [2.24, 2.45) is 11.7 Å². The fourth-order valence-electron chi connectivity index (χ4n) is 0.516. The molecule has 0 saturated heterocycles. The average Bonchev–Trinajstić information content (AvgIpc) is 2.39. The zero-order valence-electron chi connectivity index (χ0n) is 6.61. The normalized spacial score (nSPS) is 13.8. The smallest absolute Gasteiger partial charge is 0.184 e. The molecule has 1 unspecified atom stereocenters. The van der Waals surface area contributed by atoms with E-state index >= 15 is 0 Å². The van der Waals surface area contributed by atoms with Crippen molar-refractivity contribution in [3.8, 4) is 0 Å². The lowest BCUT2D eigenvalue weighted by Crippen LogP contribution is -2.22. The first-order valence-electron chi connectivity index (χ1n) is 3.47. The summed E-state index contributed by atoms with van der Waals surface area (Å²) in [6, 6.07) is 0. The van der Waals surface area contributed by atoms with Gasteiger partial charge in [0.15, 0.2) is 5.16 Å². The summed E-state index contributed by atoms with van der Waals surface area (Å²) in [6.45, 7) is 4.15. The van der Waals surface area contributed by atoms with Crippen molar-refractivity contribution in [2.75, 3.05) is 0 Å². The summed E-state index contributed by atoms with van der Waals surface area (Å²) in [7, 11) is 0. The Morgan fingerprint density at radius 2 is 2.36 bits per heavy atom. The summed E-state index contributed by atoms with van der Waals surface area (Å²) in [4.78, 5) is 3.95. The molecule has 3 N–H and O–H groups in total. The molecule has 1 aromatic heterocycles. The maximum absolute atomic E-state index is 5.78. The van der Waals surface area contributed by atoms with E-state index in [1.807, 2.05) is 0 Å². The van der Waals surface area contributed by atoms with Gasteiger partial charge in [0.1, 0.15) is 6.33 Å². The van der Waals surface area contributed by atoms with E-state index in [1.54, 1.807) is 0 Å². The number of nitrogens with two attached hydrogens (primary N) is 1. The van der Waals surface area contributed by atoms with Gasteiger partial charge in [-0.1, -0.05) is 25.6 Å². The van der Waals surface area contributed by atoms with Gasteiger partial charge in [-0.2, -0.15) is 5.10 Å². The zero-order chi connectivity index (χ0) is 8.27. The summed E-state index contributed by atoms with van der Waals surface area (Å²) >= 11 is 1.51. The second-order valence-electron chi connectivity index (χ2n) is 2.62. The first-order valence-corrected chi connectivity index (χ1v) is 4.35. The second kappa shape index (κ2) is 3.73. The minimum atomic E-state index is 0.0861. The molecule has 0 aliphatic rings. The Bertz CT molecular complexity index is 196. The Labute approximate surface area is 70.0 Å². The molecule has 1 heterocycles. The fraction of sp³-hybridized carbons (Fsp3) is 0.667. The van der Waals surface area contributed by atoms with Crippen molar-refractivity contribution < 1.29 is 0 Å². The third-order valence-electron chi connectivity index (χ3n) is 1.30. The lowest BCUT2D eigenvalue weighted by atomic mass is 10.2. The summed E-state index contributed by atoms with van der Waals surface area (Å²) < 4.78 is 0. The highest BCUT2D eigenvalue weighted by molar-refractivity contribution is 7.99. The number of aromatic amines is 1.